The molecule has 1 fully saturated rings. The molecule has 0 saturated carbocycles. The van der Waals surface area contributed by atoms with Gasteiger partial charge in [0.15, 0.2) is 0 Å². The van der Waals surface area contributed by atoms with Gasteiger partial charge in [0.2, 0.25) is 0 Å². The lowest BCUT2D eigenvalue weighted by atomic mass is 9.95. The van der Waals surface area contributed by atoms with E-state index in [4.69, 9.17) is 4.74 Å². The first-order valence-electron chi connectivity index (χ1n) is 6.81. The van der Waals surface area contributed by atoms with Crippen molar-refractivity contribution in [3.63, 3.8) is 0 Å². The SMILES string of the molecule is CCCNC1CCOCC1CN(C)CC(C)O. The van der Waals surface area contributed by atoms with Gasteiger partial charge in [-0.3, -0.25) is 0 Å². The predicted octanol–water partition coefficient (Wildman–Crippen LogP) is 0.704. The summed E-state index contributed by atoms with van der Waals surface area (Å²) in [4.78, 5) is 2.20. The van der Waals surface area contributed by atoms with E-state index < -0.39 is 0 Å². The molecule has 4 nitrogen and oxygen atoms in total. The molecule has 0 aromatic carbocycles. The summed E-state index contributed by atoms with van der Waals surface area (Å²) in [5.41, 5.74) is 0. The molecule has 0 radical (unpaired) electrons. The molecule has 2 N–H and O–H groups in total. The van der Waals surface area contributed by atoms with E-state index >= 15 is 0 Å². The van der Waals surface area contributed by atoms with Crippen molar-refractivity contribution >= 4 is 0 Å². The minimum absolute atomic E-state index is 0.258. The first kappa shape index (κ1) is 14.9. The van der Waals surface area contributed by atoms with E-state index in [1.807, 2.05) is 6.92 Å². The zero-order valence-corrected chi connectivity index (χ0v) is 11.5. The first-order chi connectivity index (χ1) is 8.13. The Bertz CT molecular complexity index is 200. The molecule has 1 saturated heterocycles. The monoisotopic (exact) mass is 244 g/mol. The highest BCUT2D eigenvalue weighted by atomic mass is 16.5. The van der Waals surface area contributed by atoms with E-state index in [9.17, 15) is 5.11 Å². The van der Waals surface area contributed by atoms with Gasteiger partial charge in [0.05, 0.1) is 12.7 Å². The molecule has 0 spiro atoms. The summed E-state index contributed by atoms with van der Waals surface area (Å²) in [6, 6.07) is 0.570. The smallest absolute Gasteiger partial charge is 0.0638 e. The lowest BCUT2D eigenvalue weighted by Crippen LogP contribution is -2.48. The topological polar surface area (TPSA) is 44.7 Å². The van der Waals surface area contributed by atoms with Crippen molar-refractivity contribution in [1.29, 1.82) is 0 Å². The molecule has 3 unspecified atom stereocenters. The van der Waals surface area contributed by atoms with Crippen LogP contribution in [0.25, 0.3) is 0 Å². The van der Waals surface area contributed by atoms with Gasteiger partial charge in [0.1, 0.15) is 0 Å². The Kier molecular flexibility index (Phi) is 7.04. The number of hydrogen-bond acceptors (Lipinski definition) is 4. The van der Waals surface area contributed by atoms with E-state index in [2.05, 4.69) is 24.2 Å². The summed E-state index contributed by atoms with van der Waals surface area (Å²) in [5, 5.41) is 13.0. The third kappa shape index (κ3) is 5.82. The molecular weight excluding hydrogens is 216 g/mol. The van der Waals surface area contributed by atoms with Gasteiger partial charge < -0.3 is 20.1 Å². The van der Waals surface area contributed by atoms with Gasteiger partial charge in [0, 0.05) is 31.7 Å². The van der Waals surface area contributed by atoms with Crippen LogP contribution in [0.15, 0.2) is 0 Å². The second-order valence-corrected chi connectivity index (χ2v) is 5.25. The van der Waals surface area contributed by atoms with Crippen molar-refractivity contribution in [2.45, 2.75) is 38.8 Å². The molecule has 0 aromatic heterocycles. The second-order valence-electron chi connectivity index (χ2n) is 5.25. The minimum Gasteiger partial charge on any atom is -0.392 e. The fraction of sp³-hybridized carbons (Fsp3) is 1.00. The van der Waals surface area contributed by atoms with Crippen LogP contribution in [0.5, 0.6) is 0 Å². The Labute approximate surface area is 105 Å². The fourth-order valence-corrected chi connectivity index (χ4v) is 2.50. The molecule has 1 rings (SSSR count). The quantitative estimate of drug-likeness (QED) is 0.692. The molecular formula is C13H28N2O2. The molecule has 0 bridgehead atoms. The molecule has 17 heavy (non-hydrogen) atoms. The summed E-state index contributed by atoms with van der Waals surface area (Å²) in [7, 11) is 2.07. The maximum Gasteiger partial charge on any atom is 0.0638 e. The van der Waals surface area contributed by atoms with Crippen LogP contribution in [0.1, 0.15) is 26.7 Å². The van der Waals surface area contributed by atoms with E-state index in [0.29, 0.717) is 12.0 Å². The van der Waals surface area contributed by atoms with Crippen LogP contribution in [0, 0.1) is 5.92 Å². The fourth-order valence-electron chi connectivity index (χ4n) is 2.50. The van der Waals surface area contributed by atoms with Gasteiger partial charge in [-0.2, -0.15) is 0 Å². The van der Waals surface area contributed by atoms with E-state index in [1.54, 1.807) is 0 Å². The molecule has 0 aliphatic carbocycles. The summed E-state index contributed by atoms with van der Waals surface area (Å²) in [6.45, 7) is 8.55. The molecule has 1 aliphatic heterocycles. The maximum atomic E-state index is 9.37. The van der Waals surface area contributed by atoms with Crippen LogP contribution in [-0.4, -0.2) is 62.0 Å². The second kappa shape index (κ2) is 8.03. The Morgan fingerprint density at radius 1 is 1.53 bits per heavy atom. The summed E-state index contributed by atoms with van der Waals surface area (Å²) >= 11 is 0. The van der Waals surface area contributed by atoms with E-state index in [0.717, 1.165) is 39.3 Å². The van der Waals surface area contributed by atoms with Crippen molar-refractivity contribution in [3.05, 3.63) is 0 Å². The average Bonchev–Trinajstić information content (AvgIpc) is 2.26. The molecule has 102 valence electrons. The average molecular weight is 244 g/mol. The number of nitrogens with one attached hydrogen (secondary N) is 1. The van der Waals surface area contributed by atoms with E-state index in [1.165, 1.54) is 6.42 Å². The van der Waals surface area contributed by atoms with Gasteiger partial charge in [-0.25, -0.2) is 0 Å². The van der Waals surface area contributed by atoms with Crippen molar-refractivity contribution < 1.29 is 9.84 Å². The Morgan fingerprint density at radius 2 is 2.29 bits per heavy atom. The molecule has 4 heteroatoms. The van der Waals surface area contributed by atoms with E-state index in [-0.39, 0.29) is 6.10 Å². The van der Waals surface area contributed by atoms with Crippen LogP contribution in [0.4, 0.5) is 0 Å². The number of nitrogens with zero attached hydrogens (tertiary/aromatic N) is 1. The van der Waals surface area contributed by atoms with Crippen molar-refractivity contribution in [2.75, 3.05) is 39.9 Å². The summed E-state index contributed by atoms with van der Waals surface area (Å²) in [6.07, 6.45) is 2.02. The highest BCUT2D eigenvalue weighted by Crippen LogP contribution is 2.16. The van der Waals surface area contributed by atoms with Gasteiger partial charge >= 0.3 is 0 Å². The Morgan fingerprint density at radius 3 is 2.94 bits per heavy atom. The normalized spacial score (nSPS) is 27.4. The summed E-state index contributed by atoms with van der Waals surface area (Å²) < 4.78 is 5.57. The predicted molar refractivity (Wildman–Crippen MR) is 70.2 cm³/mol. The molecule has 0 aromatic rings. The lowest BCUT2D eigenvalue weighted by molar-refractivity contribution is 0.0149. The van der Waals surface area contributed by atoms with Crippen molar-refractivity contribution in [2.24, 2.45) is 5.92 Å². The van der Waals surface area contributed by atoms with Crippen molar-refractivity contribution in [1.82, 2.24) is 10.2 Å². The van der Waals surface area contributed by atoms with Crippen LogP contribution >= 0.6 is 0 Å². The van der Waals surface area contributed by atoms with Gasteiger partial charge in [0.25, 0.3) is 0 Å². The molecule has 1 heterocycles. The number of aliphatic hydroxyl groups is 1. The Hall–Kier alpha value is -0.160. The molecule has 0 amide bonds. The highest BCUT2D eigenvalue weighted by Gasteiger charge is 2.26. The lowest BCUT2D eigenvalue weighted by Gasteiger charge is -2.35. The number of rotatable bonds is 7. The zero-order valence-electron chi connectivity index (χ0n) is 11.5. The summed E-state index contributed by atoms with van der Waals surface area (Å²) in [5.74, 6) is 0.541. The third-order valence-electron chi connectivity index (χ3n) is 3.25. The van der Waals surface area contributed by atoms with Gasteiger partial charge in [-0.05, 0) is 33.4 Å². The van der Waals surface area contributed by atoms with Crippen LogP contribution in [-0.2, 0) is 4.74 Å². The number of hydrogen-bond donors (Lipinski definition) is 2. The standard InChI is InChI=1S/C13H28N2O2/c1-4-6-14-13-5-7-17-10-12(13)9-15(3)8-11(2)16/h11-14,16H,4-10H2,1-3H3. The first-order valence-corrected chi connectivity index (χ1v) is 6.81. The number of likely N-dealkylation sites (N-methyl/N-ethyl adjacent to an activating group) is 1. The number of aliphatic hydroxyl groups excluding tert-OH is 1. The van der Waals surface area contributed by atoms with Crippen LogP contribution in [0.3, 0.4) is 0 Å². The third-order valence-corrected chi connectivity index (χ3v) is 3.25. The molecule has 3 atom stereocenters. The highest BCUT2D eigenvalue weighted by molar-refractivity contribution is 4.81. The molecule has 1 aliphatic rings. The van der Waals surface area contributed by atoms with Gasteiger partial charge in [-0.1, -0.05) is 6.92 Å². The van der Waals surface area contributed by atoms with Crippen LogP contribution in [0.2, 0.25) is 0 Å². The number of ether oxygens (including phenoxy) is 1. The Balaban J connectivity index is 2.36. The zero-order chi connectivity index (χ0) is 12.7. The van der Waals surface area contributed by atoms with Gasteiger partial charge in [-0.15, -0.1) is 0 Å². The maximum absolute atomic E-state index is 9.37. The van der Waals surface area contributed by atoms with Crippen molar-refractivity contribution in [3.8, 4) is 0 Å². The van der Waals surface area contributed by atoms with Crippen LogP contribution < -0.4 is 5.32 Å². The minimum atomic E-state index is -0.258. The largest absolute Gasteiger partial charge is 0.392 e.